The molecule has 4 aromatic carbocycles. The van der Waals surface area contributed by atoms with E-state index in [2.05, 4.69) is 0 Å². The first-order valence-electron chi connectivity index (χ1n) is 16.4. The highest BCUT2D eigenvalue weighted by atomic mass is 16.6. The Balaban J connectivity index is 1.72. The van der Waals surface area contributed by atoms with Gasteiger partial charge in [-0.3, -0.25) is 28.8 Å². The molecule has 12 nitrogen and oxygen atoms in total. The van der Waals surface area contributed by atoms with Crippen LogP contribution >= 0.6 is 0 Å². The fraction of sp³-hybridized carbons (Fsp3) is 0.250. The topological polar surface area (TPSA) is 158 Å². The van der Waals surface area contributed by atoms with Gasteiger partial charge in [0.2, 0.25) is 0 Å². The van der Waals surface area contributed by atoms with Crippen molar-refractivity contribution in [2.45, 2.75) is 65.2 Å². The maximum Gasteiger partial charge on any atom is 0.308 e. The number of rotatable bonds is 8. The van der Waals surface area contributed by atoms with E-state index in [1.807, 2.05) is 12.1 Å². The second-order valence-corrected chi connectivity index (χ2v) is 12.6. The Morgan fingerprint density at radius 3 is 1.17 bits per heavy atom. The standard InChI is InChI=1S/C40H34O12/c1-19(41)47-27-11-7-25(8-12-27)35-37-31(15-29(49-21(3)43)17-33(37)51-23(5)45)40-36(26-9-13-28(14-10-26)48-20(2)42)39(35)32-16-30(50-22(4)44)18-34(38(32)40)52-24(6)46/h7-18,35-36,39-40H,1-6H3/t35-,36-,39-,40+/m1/s1. The Kier molecular flexibility index (Phi) is 9.66. The highest BCUT2D eigenvalue weighted by Gasteiger charge is 2.54. The lowest BCUT2D eigenvalue weighted by molar-refractivity contribution is -0.133. The fourth-order valence-electron chi connectivity index (χ4n) is 7.47. The molecule has 2 aliphatic rings. The molecule has 52 heavy (non-hydrogen) atoms. The average molecular weight is 707 g/mol. The van der Waals surface area contributed by atoms with Crippen molar-refractivity contribution in [3.05, 3.63) is 106 Å². The van der Waals surface area contributed by atoms with Gasteiger partial charge in [0.25, 0.3) is 0 Å². The Bertz CT molecular complexity index is 2130. The third kappa shape index (κ3) is 7.13. The second-order valence-electron chi connectivity index (χ2n) is 12.6. The monoisotopic (exact) mass is 706 g/mol. The smallest absolute Gasteiger partial charge is 0.308 e. The molecule has 0 aromatic heterocycles. The zero-order valence-electron chi connectivity index (χ0n) is 29.1. The molecule has 0 heterocycles. The van der Waals surface area contributed by atoms with Crippen LogP contribution in [0, 0.1) is 0 Å². The summed E-state index contributed by atoms with van der Waals surface area (Å²) in [6.45, 7) is 7.64. The van der Waals surface area contributed by atoms with E-state index in [0.717, 1.165) is 11.1 Å². The highest BCUT2D eigenvalue weighted by Crippen LogP contribution is 2.69. The van der Waals surface area contributed by atoms with Crippen LogP contribution in [0.25, 0.3) is 0 Å². The largest absolute Gasteiger partial charge is 0.427 e. The van der Waals surface area contributed by atoms with Gasteiger partial charge in [0.1, 0.15) is 34.5 Å². The van der Waals surface area contributed by atoms with Gasteiger partial charge in [0.15, 0.2) is 0 Å². The normalized spacial score (nSPS) is 17.9. The van der Waals surface area contributed by atoms with Crippen molar-refractivity contribution >= 4 is 35.8 Å². The summed E-state index contributed by atoms with van der Waals surface area (Å²) >= 11 is 0. The minimum atomic E-state index is -0.614. The molecule has 0 N–H and O–H groups in total. The van der Waals surface area contributed by atoms with E-state index in [4.69, 9.17) is 28.4 Å². The summed E-state index contributed by atoms with van der Waals surface area (Å²) in [7, 11) is 0. The van der Waals surface area contributed by atoms with E-state index in [1.165, 1.54) is 53.7 Å². The van der Waals surface area contributed by atoms with Crippen LogP contribution in [0.2, 0.25) is 0 Å². The second kappa shape index (κ2) is 14.1. The van der Waals surface area contributed by atoms with E-state index in [-0.39, 0.29) is 23.0 Å². The average Bonchev–Trinajstić information content (AvgIpc) is 3.30. The number of carbonyl (C=O) groups is 6. The molecule has 0 spiro atoms. The van der Waals surface area contributed by atoms with Crippen LogP contribution in [-0.4, -0.2) is 35.8 Å². The molecule has 0 saturated heterocycles. The molecule has 4 aromatic rings. The van der Waals surface area contributed by atoms with Gasteiger partial charge in [-0.1, -0.05) is 24.3 Å². The lowest BCUT2D eigenvalue weighted by Gasteiger charge is -2.40. The van der Waals surface area contributed by atoms with Crippen LogP contribution < -0.4 is 28.4 Å². The van der Waals surface area contributed by atoms with Crippen molar-refractivity contribution in [2.75, 3.05) is 0 Å². The highest BCUT2D eigenvalue weighted by molar-refractivity contribution is 5.78. The Hall–Kier alpha value is -6.30. The van der Waals surface area contributed by atoms with Gasteiger partial charge in [-0.15, -0.1) is 0 Å². The Labute approximate surface area is 298 Å². The van der Waals surface area contributed by atoms with Crippen LogP contribution in [0.3, 0.4) is 0 Å². The molecule has 0 radical (unpaired) electrons. The first-order chi connectivity index (χ1) is 24.7. The summed E-state index contributed by atoms with van der Waals surface area (Å²) in [5.41, 5.74) is 4.05. The molecule has 2 bridgehead atoms. The number of fused-ring (bicyclic) bond motifs is 7. The number of hydrogen-bond donors (Lipinski definition) is 0. The van der Waals surface area contributed by atoms with Gasteiger partial charge in [0, 0.05) is 88.5 Å². The quantitative estimate of drug-likeness (QED) is 0.147. The summed E-state index contributed by atoms with van der Waals surface area (Å²) in [4.78, 5) is 73.2. The van der Waals surface area contributed by atoms with Crippen LogP contribution in [0.1, 0.15) is 98.6 Å². The molecule has 12 heteroatoms. The molecule has 0 saturated carbocycles. The maximum absolute atomic E-state index is 12.6. The number of ether oxygens (including phenoxy) is 6. The Morgan fingerprint density at radius 2 is 0.750 bits per heavy atom. The Morgan fingerprint density at radius 1 is 0.385 bits per heavy atom. The summed E-state index contributed by atoms with van der Waals surface area (Å²) in [5.74, 6) is -4.30. The SMILES string of the molecule is CC(=O)Oc1ccc([C@@H]2c3c(OC(C)=O)cc(OC(C)=O)cc3[C@@H]3c4c(OC(C)=O)cc(OC(C)=O)cc4[C@H]2[C@H]3c2ccc(OC(C)=O)cc2)cc1. The molecular formula is C40H34O12. The minimum absolute atomic E-state index is 0.118. The molecule has 2 aliphatic carbocycles. The van der Waals surface area contributed by atoms with Gasteiger partial charge in [-0.25, -0.2) is 0 Å². The van der Waals surface area contributed by atoms with Crippen LogP contribution in [0.5, 0.6) is 34.5 Å². The zero-order valence-corrected chi connectivity index (χ0v) is 29.1. The first kappa shape index (κ1) is 35.5. The van der Waals surface area contributed by atoms with Crippen molar-refractivity contribution in [3.8, 4) is 34.5 Å². The van der Waals surface area contributed by atoms with E-state index in [1.54, 1.807) is 48.5 Å². The third-order valence-electron chi connectivity index (χ3n) is 8.77. The van der Waals surface area contributed by atoms with Crippen LogP contribution in [0.4, 0.5) is 0 Å². The van der Waals surface area contributed by atoms with Gasteiger partial charge < -0.3 is 28.4 Å². The van der Waals surface area contributed by atoms with Gasteiger partial charge >= 0.3 is 35.8 Å². The molecule has 0 fully saturated rings. The van der Waals surface area contributed by atoms with Gasteiger partial charge in [-0.05, 0) is 58.7 Å². The van der Waals surface area contributed by atoms with Crippen LogP contribution in [0.15, 0.2) is 72.8 Å². The van der Waals surface area contributed by atoms with Crippen LogP contribution in [-0.2, 0) is 28.8 Å². The van der Waals surface area contributed by atoms with Gasteiger partial charge in [0.05, 0.1) is 0 Å². The van der Waals surface area contributed by atoms with Crippen molar-refractivity contribution < 1.29 is 57.2 Å². The van der Waals surface area contributed by atoms with Crippen molar-refractivity contribution in [2.24, 2.45) is 0 Å². The predicted octanol–water partition coefficient (Wildman–Crippen LogP) is 6.40. The molecule has 0 unspecified atom stereocenters. The molecule has 4 atom stereocenters. The minimum Gasteiger partial charge on any atom is -0.427 e. The van der Waals surface area contributed by atoms with Crippen molar-refractivity contribution in [1.82, 2.24) is 0 Å². The van der Waals surface area contributed by atoms with Crippen molar-refractivity contribution in [3.63, 3.8) is 0 Å². The lowest BCUT2D eigenvalue weighted by Crippen LogP contribution is -2.27. The maximum atomic E-state index is 12.6. The van der Waals surface area contributed by atoms with E-state index in [9.17, 15) is 28.8 Å². The first-order valence-corrected chi connectivity index (χ1v) is 16.4. The fourth-order valence-corrected chi connectivity index (χ4v) is 7.47. The predicted molar refractivity (Wildman–Crippen MR) is 183 cm³/mol. The molecular weight excluding hydrogens is 672 g/mol. The molecule has 266 valence electrons. The van der Waals surface area contributed by atoms with E-state index in [0.29, 0.717) is 33.8 Å². The number of benzene rings is 4. The lowest BCUT2D eigenvalue weighted by atomic mass is 9.63. The summed E-state index contributed by atoms with van der Waals surface area (Å²) in [5, 5.41) is 0. The summed E-state index contributed by atoms with van der Waals surface area (Å²) in [6.07, 6.45) is 0. The van der Waals surface area contributed by atoms with E-state index < -0.39 is 59.5 Å². The zero-order chi connectivity index (χ0) is 37.4. The number of esters is 6. The molecule has 6 rings (SSSR count). The van der Waals surface area contributed by atoms with E-state index >= 15 is 0 Å². The summed E-state index contributed by atoms with van der Waals surface area (Å²) in [6, 6.07) is 20.3. The number of carbonyl (C=O) groups excluding carboxylic acids is 6. The molecule has 0 amide bonds. The van der Waals surface area contributed by atoms with Crippen molar-refractivity contribution in [1.29, 1.82) is 0 Å². The van der Waals surface area contributed by atoms with Gasteiger partial charge in [-0.2, -0.15) is 0 Å². The summed E-state index contributed by atoms with van der Waals surface area (Å²) < 4.78 is 33.4. The third-order valence-corrected chi connectivity index (χ3v) is 8.77. The number of hydrogen-bond acceptors (Lipinski definition) is 12. The molecule has 0 aliphatic heterocycles.